The van der Waals surface area contributed by atoms with Crippen molar-refractivity contribution >= 4 is 8.07 Å². The molecule has 0 saturated carbocycles. The van der Waals surface area contributed by atoms with Crippen LogP contribution in [0.25, 0.3) is 22.3 Å². The van der Waals surface area contributed by atoms with Crippen LogP contribution < -0.4 is 24.8 Å². The van der Waals surface area contributed by atoms with Crippen molar-refractivity contribution in [2.75, 3.05) is 0 Å². The Bertz CT molecular complexity index is 1500. The molecule has 39 heavy (non-hydrogen) atoms. The van der Waals surface area contributed by atoms with Crippen LogP contribution in [-0.4, -0.2) is 8.07 Å². The summed E-state index contributed by atoms with van der Waals surface area (Å²) in [5.41, 5.74) is 17.0. The van der Waals surface area contributed by atoms with Crippen molar-refractivity contribution < 1.29 is 51.0 Å². The molecule has 0 unspecified atom stereocenters. The van der Waals surface area contributed by atoms with Gasteiger partial charge in [0, 0.05) is 16.6 Å². The van der Waals surface area contributed by atoms with Crippen molar-refractivity contribution in [3.05, 3.63) is 155 Å². The zero-order valence-corrected chi connectivity index (χ0v) is 26.5. The zero-order valence-electron chi connectivity index (χ0n) is 21.5. The summed E-state index contributed by atoms with van der Waals surface area (Å²) in [5, 5.41) is 0. The van der Waals surface area contributed by atoms with E-state index in [4.69, 9.17) is 0 Å². The summed E-state index contributed by atoms with van der Waals surface area (Å²) in [6, 6.07) is 46.6. The summed E-state index contributed by atoms with van der Waals surface area (Å²) >= 11 is 0. The average molecular weight is 637 g/mol. The Morgan fingerprint density at radius 2 is 0.769 bits per heavy atom. The largest absolute Gasteiger partial charge is 2.00 e. The first-order valence-electron chi connectivity index (χ1n) is 12.7. The van der Waals surface area contributed by atoms with Gasteiger partial charge in [-0.2, -0.15) is 0 Å². The summed E-state index contributed by atoms with van der Waals surface area (Å²) in [6.07, 6.45) is 0. The van der Waals surface area contributed by atoms with E-state index >= 15 is 0 Å². The third-order valence-corrected chi connectivity index (χ3v) is 12.4. The second kappa shape index (κ2) is 11.8. The van der Waals surface area contributed by atoms with E-state index in [2.05, 4.69) is 145 Å². The Labute approximate surface area is 263 Å². The van der Waals surface area contributed by atoms with E-state index in [-0.39, 0.29) is 51.0 Å². The van der Waals surface area contributed by atoms with Gasteiger partial charge < -0.3 is 24.8 Å². The predicted octanol–water partition coefficient (Wildman–Crippen LogP) is 2.36. The third-order valence-electron chi connectivity index (χ3n) is 8.12. The normalized spacial score (nSPS) is 12.7. The van der Waals surface area contributed by atoms with Crippen LogP contribution in [0.3, 0.4) is 0 Å². The maximum atomic E-state index is 4.05. The van der Waals surface area contributed by atoms with E-state index < -0.39 is 8.07 Å². The first-order valence-corrected chi connectivity index (χ1v) is 15.4. The number of fused-ring (bicyclic) bond motifs is 6. The number of hydrogen-bond acceptors (Lipinski definition) is 0. The van der Waals surface area contributed by atoms with E-state index in [1.807, 2.05) is 0 Å². The van der Waals surface area contributed by atoms with Crippen LogP contribution in [-0.2, 0) is 26.2 Å². The van der Waals surface area contributed by atoms with Crippen LogP contribution in [0.2, 0.25) is 6.55 Å². The van der Waals surface area contributed by atoms with E-state index in [1.54, 1.807) is 0 Å². The van der Waals surface area contributed by atoms with Crippen LogP contribution >= 0.6 is 0 Å². The van der Waals surface area contributed by atoms with Gasteiger partial charge in [0.05, 0.1) is 0 Å². The first-order chi connectivity index (χ1) is 17.8. The first kappa shape index (κ1) is 29.3. The molecule has 2 aliphatic rings. The third kappa shape index (κ3) is 4.71. The van der Waals surface area contributed by atoms with Gasteiger partial charge in [0.15, 0.2) is 8.07 Å². The van der Waals surface area contributed by atoms with Crippen LogP contribution in [0.1, 0.15) is 38.9 Å². The maximum absolute atomic E-state index is 4.05. The molecule has 4 heteroatoms. The number of benzene rings is 5. The van der Waals surface area contributed by atoms with E-state index in [0.717, 1.165) is 5.56 Å². The molecule has 5 aromatic carbocycles. The van der Waals surface area contributed by atoms with Gasteiger partial charge in [-0.3, -0.25) is 0 Å². The number of rotatable bonds is 2. The number of halogens is 2. The van der Waals surface area contributed by atoms with Crippen molar-refractivity contribution in [2.45, 2.75) is 17.6 Å². The van der Waals surface area contributed by atoms with Gasteiger partial charge in [-0.1, -0.05) is 128 Å². The average Bonchev–Trinajstić information content (AvgIpc) is 3.46. The van der Waals surface area contributed by atoms with Gasteiger partial charge in [0.1, 0.15) is 0 Å². The van der Waals surface area contributed by atoms with Gasteiger partial charge >= 0.3 is 26.2 Å². The van der Waals surface area contributed by atoms with E-state index in [0.29, 0.717) is 11.1 Å². The predicted molar refractivity (Wildman–Crippen MR) is 152 cm³/mol. The molecule has 188 valence electrons. The molecule has 2 aliphatic carbocycles. The Balaban J connectivity index is 0.00000118. The molecular formula is C35H26Cl2SiZr. The zero-order chi connectivity index (χ0) is 24.1. The smallest absolute Gasteiger partial charge is 1.00 e. The second-order valence-corrected chi connectivity index (χ2v) is 14.1. The Kier molecular flexibility index (Phi) is 8.90. The fraction of sp³-hybridized carbons (Fsp3) is 0.0857. The summed E-state index contributed by atoms with van der Waals surface area (Å²) in [4.78, 5) is 0. The standard InChI is InChI=1S/C35H26Si.2ClH.Zr/c1-36(24-23-25-13-3-2-4-14-25,34-30-19-9-5-15-26(30)27-16-6-10-20-31(27)34)35-32-21-11-7-17-28(32)29-18-8-12-22-33(29)35;;;/h2-22,34-35H,1H3;2*1H;/q;;;+2/p-2. The molecule has 0 fully saturated rings. The molecule has 0 radical (unpaired) electrons. The summed E-state index contributed by atoms with van der Waals surface area (Å²) in [6.45, 7) is 2.54. The Morgan fingerprint density at radius 1 is 0.462 bits per heavy atom. The minimum Gasteiger partial charge on any atom is -1.00 e. The van der Waals surface area contributed by atoms with Crippen LogP contribution in [0.4, 0.5) is 0 Å². The molecule has 0 aliphatic heterocycles. The molecule has 0 nitrogen and oxygen atoms in total. The summed E-state index contributed by atoms with van der Waals surface area (Å²) < 4.78 is 0. The monoisotopic (exact) mass is 634 g/mol. The van der Waals surface area contributed by atoms with Gasteiger partial charge in [-0.25, -0.2) is 0 Å². The molecule has 0 heterocycles. The van der Waals surface area contributed by atoms with Crippen LogP contribution in [0, 0.1) is 11.5 Å². The van der Waals surface area contributed by atoms with Crippen molar-refractivity contribution in [2.24, 2.45) is 0 Å². The molecule has 7 rings (SSSR count). The van der Waals surface area contributed by atoms with Crippen LogP contribution in [0.5, 0.6) is 0 Å². The maximum Gasteiger partial charge on any atom is 2.00 e. The molecular weight excluding hydrogens is 611 g/mol. The molecule has 0 spiro atoms. The molecule has 0 saturated heterocycles. The van der Waals surface area contributed by atoms with E-state index in [1.165, 1.54) is 44.5 Å². The fourth-order valence-electron chi connectivity index (χ4n) is 6.64. The van der Waals surface area contributed by atoms with Crippen molar-refractivity contribution in [3.63, 3.8) is 0 Å². The Hall–Kier alpha value is -2.66. The van der Waals surface area contributed by atoms with Gasteiger partial charge in [-0.05, 0) is 56.6 Å². The quantitative estimate of drug-likeness (QED) is 0.206. The molecule has 0 atom stereocenters. The van der Waals surface area contributed by atoms with Crippen molar-refractivity contribution in [3.8, 4) is 33.7 Å². The SMILES string of the molecule is C[Si](C#Cc1ccccc1)(C1c2ccccc2-c2ccccc21)C1c2ccccc2-c2ccccc21.[Cl-].[Cl-].[Zr+2]. The molecule has 5 aromatic rings. The van der Waals surface area contributed by atoms with Crippen molar-refractivity contribution in [1.29, 1.82) is 0 Å². The molecule has 0 N–H and O–H groups in total. The molecule has 0 bridgehead atoms. The Morgan fingerprint density at radius 3 is 1.13 bits per heavy atom. The number of hydrogen-bond donors (Lipinski definition) is 0. The van der Waals surface area contributed by atoms with E-state index in [9.17, 15) is 0 Å². The van der Waals surface area contributed by atoms with Gasteiger partial charge in [-0.15, -0.1) is 5.54 Å². The summed E-state index contributed by atoms with van der Waals surface area (Å²) in [7, 11) is -2.43. The topological polar surface area (TPSA) is 0 Å². The summed E-state index contributed by atoms with van der Waals surface area (Å²) in [5.74, 6) is 3.67. The van der Waals surface area contributed by atoms with Crippen molar-refractivity contribution in [1.82, 2.24) is 0 Å². The fourth-order valence-corrected chi connectivity index (χ4v) is 11.3. The minimum atomic E-state index is -2.43. The molecule has 0 aromatic heterocycles. The van der Waals surface area contributed by atoms with Gasteiger partial charge in [0.2, 0.25) is 0 Å². The second-order valence-electron chi connectivity index (χ2n) is 10.1. The van der Waals surface area contributed by atoms with Gasteiger partial charge in [0.25, 0.3) is 0 Å². The molecule has 0 amide bonds. The minimum absolute atomic E-state index is 0. The van der Waals surface area contributed by atoms with Crippen LogP contribution in [0.15, 0.2) is 127 Å².